The molecule has 4 heteroatoms. The summed E-state index contributed by atoms with van der Waals surface area (Å²) in [5.74, 6) is -0.543. The van der Waals surface area contributed by atoms with Gasteiger partial charge in [-0.2, -0.15) is 0 Å². The van der Waals surface area contributed by atoms with Crippen molar-refractivity contribution in [1.82, 2.24) is 0 Å². The van der Waals surface area contributed by atoms with E-state index in [0.29, 0.717) is 11.3 Å². The van der Waals surface area contributed by atoms with Gasteiger partial charge in [0.1, 0.15) is 0 Å². The zero-order valence-electron chi connectivity index (χ0n) is 12.3. The van der Waals surface area contributed by atoms with Gasteiger partial charge >= 0.3 is 0 Å². The zero-order chi connectivity index (χ0) is 15.1. The van der Waals surface area contributed by atoms with E-state index in [0.717, 1.165) is 0 Å². The molecule has 1 fully saturated rings. The van der Waals surface area contributed by atoms with E-state index >= 15 is 0 Å². The molecular formula is C16H19NO3. The minimum absolute atomic E-state index is 0.0634. The Morgan fingerprint density at radius 1 is 1.25 bits per heavy atom. The first-order valence-electron chi connectivity index (χ1n) is 6.76. The molecule has 2 amide bonds. The van der Waals surface area contributed by atoms with Crippen LogP contribution in [0.15, 0.2) is 24.3 Å². The predicted octanol–water partition coefficient (Wildman–Crippen LogP) is 2.81. The fraction of sp³-hybridized carbons (Fsp3) is 0.438. The van der Waals surface area contributed by atoms with E-state index in [2.05, 4.69) is 0 Å². The van der Waals surface area contributed by atoms with E-state index < -0.39 is 5.41 Å². The second kappa shape index (κ2) is 4.85. The third-order valence-corrected chi connectivity index (χ3v) is 4.26. The second-order valence-electron chi connectivity index (χ2n) is 5.86. The zero-order valence-corrected chi connectivity index (χ0v) is 12.3. The molecule has 0 spiro atoms. The molecule has 4 nitrogen and oxygen atoms in total. The van der Waals surface area contributed by atoms with Crippen molar-refractivity contribution in [3.8, 4) is 0 Å². The first-order chi connectivity index (χ1) is 9.29. The van der Waals surface area contributed by atoms with Gasteiger partial charge in [-0.05, 0) is 31.9 Å². The molecule has 0 N–H and O–H groups in total. The Morgan fingerprint density at radius 3 is 2.35 bits per heavy atom. The third-order valence-electron chi connectivity index (χ3n) is 4.26. The molecule has 1 atom stereocenters. The Bertz CT molecular complexity index is 591. The molecule has 0 radical (unpaired) electrons. The summed E-state index contributed by atoms with van der Waals surface area (Å²) in [5.41, 5.74) is 0.114. The van der Waals surface area contributed by atoms with Crippen LogP contribution in [0.1, 0.15) is 44.5 Å². The van der Waals surface area contributed by atoms with Gasteiger partial charge in [0.2, 0.25) is 11.8 Å². The number of ketones is 1. The Kier molecular flexibility index (Phi) is 3.50. The van der Waals surface area contributed by atoms with Crippen molar-refractivity contribution >= 4 is 23.3 Å². The van der Waals surface area contributed by atoms with Gasteiger partial charge in [0, 0.05) is 12.0 Å². The highest BCUT2D eigenvalue weighted by molar-refractivity contribution is 6.24. The van der Waals surface area contributed by atoms with Gasteiger partial charge in [-0.15, -0.1) is 0 Å². The number of carbonyl (C=O) groups excluding carboxylic acids is 3. The maximum Gasteiger partial charge on any atom is 0.240 e. The van der Waals surface area contributed by atoms with Crippen molar-refractivity contribution < 1.29 is 14.4 Å². The number of imide groups is 1. The minimum atomic E-state index is -0.693. The van der Waals surface area contributed by atoms with E-state index in [4.69, 9.17) is 0 Å². The predicted molar refractivity (Wildman–Crippen MR) is 76.5 cm³/mol. The number of hydrogen-bond donors (Lipinski definition) is 0. The normalized spacial score (nSPS) is 22.8. The number of Topliss-reactive ketones (excluding diaryl/α,β-unsaturated/α-hetero) is 1. The number of benzene rings is 1. The number of para-hydroxylation sites is 1. The maximum atomic E-state index is 12.6. The summed E-state index contributed by atoms with van der Waals surface area (Å²) in [4.78, 5) is 37.8. The Balaban J connectivity index is 2.52. The van der Waals surface area contributed by atoms with Crippen molar-refractivity contribution in [3.05, 3.63) is 29.8 Å². The van der Waals surface area contributed by atoms with Crippen molar-refractivity contribution in [2.75, 3.05) is 4.90 Å². The van der Waals surface area contributed by atoms with E-state index in [-0.39, 0.29) is 29.9 Å². The van der Waals surface area contributed by atoms with Crippen molar-refractivity contribution in [1.29, 1.82) is 0 Å². The lowest BCUT2D eigenvalue weighted by molar-refractivity contribution is -0.126. The van der Waals surface area contributed by atoms with Crippen LogP contribution in [0.3, 0.4) is 0 Å². The molecule has 0 bridgehead atoms. The number of carbonyl (C=O) groups is 3. The average molecular weight is 273 g/mol. The number of anilines is 1. The summed E-state index contributed by atoms with van der Waals surface area (Å²) in [6, 6.07) is 6.75. The van der Waals surface area contributed by atoms with Crippen molar-refractivity contribution in [2.24, 2.45) is 11.3 Å². The van der Waals surface area contributed by atoms with Crippen LogP contribution in [0.2, 0.25) is 0 Å². The largest absolute Gasteiger partial charge is 0.294 e. The lowest BCUT2D eigenvalue weighted by atomic mass is 9.78. The Morgan fingerprint density at radius 2 is 1.85 bits per heavy atom. The summed E-state index contributed by atoms with van der Waals surface area (Å²) >= 11 is 0. The van der Waals surface area contributed by atoms with E-state index in [9.17, 15) is 14.4 Å². The van der Waals surface area contributed by atoms with Crippen molar-refractivity contribution in [3.63, 3.8) is 0 Å². The van der Waals surface area contributed by atoms with E-state index in [1.54, 1.807) is 24.3 Å². The molecule has 20 heavy (non-hydrogen) atoms. The Labute approximate surface area is 118 Å². The van der Waals surface area contributed by atoms with Crippen LogP contribution in [0.4, 0.5) is 5.69 Å². The number of amides is 2. The molecule has 0 aliphatic carbocycles. The van der Waals surface area contributed by atoms with Gasteiger partial charge in [-0.1, -0.05) is 26.0 Å². The molecule has 1 aromatic carbocycles. The molecule has 0 saturated carbocycles. The van der Waals surface area contributed by atoms with Crippen LogP contribution in [0.5, 0.6) is 0 Å². The molecule has 1 aliphatic rings. The minimum Gasteiger partial charge on any atom is -0.294 e. The van der Waals surface area contributed by atoms with Crippen LogP contribution >= 0.6 is 0 Å². The van der Waals surface area contributed by atoms with Crippen LogP contribution in [0.25, 0.3) is 0 Å². The molecule has 1 aromatic rings. The molecule has 0 aromatic heterocycles. The lowest BCUT2D eigenvalue weighted by Crippen LogP contribution is -2.37. The van der Waals surface area contributed by atoms with Crippen molar-refractivity contribution in [2.45, 2.75) is 34.1 Å². The summed E-state index contributed by atoms with van der Waals surface area (Å²) < 4.78 is 0. The highest BCUT2D eigenvalue weighted by Gasteiger charge is 2.51. The Hall–Kier alpha value is -1.97. The van der Waals surface area contributed by atoms with E-state index in [1.807, 2.05) is 20.8 Å². The number of rotatable bonds is 3. The summed E-state index contributed by atoms with van der Waals surface area (Å²) in [6.07, 6.45) is 0.190. The number of hydrogen-bond acceptors (Lipinski definition) is 3. The molecule has 1 saturated heterocycles. The number of nitrogens with zero attached hydrogens (tertiary/aromatic N) is 1. The van der Waals surface area contributed by atoms with Gasteiger partial charge in [0.15, 0.2) is 5.78 Å². The smallest absolute Gasteiger partial charge is 0.240 e. The average Bonchev–Trinajstić information content (AvgIpc) is 2.61. The summed E-state index contributed by atoms with van der Waals surface area (Å²) in [7, 11) is 0. The molecule has 1 heterocycles. The fourth-order valence-electron chi connectivity index (χ4n) is 2.50. The van der Waals surface area contributed by atoms with Gasteiger partial charge in [-0.25, -0.2) is 4.90 Å². The van der Waals surface area contributed by atoms with Gasteiger partial charge in [0.25, 0.3) is 0 Å². The summed E-state index contributed by atoms with van der Waals surface area (Å²) in [5, 5.41) is 0. The standard InChI is InChI=1S/C16H19NO3/c1-10(2)16(4)9-14(19)17(15(16)20)13-8-6-5-7-12(13)11(3)18/h5-8,10H,9H2,1-4H3. The molecule has 1 unspecified atom stereocenters. The summed E-state index contributed by atoms with van der Waals surface area (Å²) in [6.45, 7) is 7.12. The fourth-order valence-corrected chi connectivity index (χ4v) is 2.50. The van der Waals surface area contributed by atoms with Gasteiger partial charge < -0.3 is 0 Å². The molecule has 106 valence electrons. The maximum absolute atomic E-state index is 12.6. The third kappa shape index (κ3) is 2.05. The van der Waals surface area contributed by atoms with Crippen LogP contribution in [0, 0.1) is 11.3 Å². The van der Waals surface area contributed by atoms with Gasteiger partial charge in [-0.3, -0.25) is 14.4 Å². The highest BCUT2D eigenvalue weighted by Crippen LogP contribution is 2.41. The first-order valence-corrected chi connectivity index (χ1v) is 6.76. The van der Waals surface area contributed by atoms with Crippen LogP contribution in [-0.2, 0) is 9.59 Å². The van der Waals surface area contributed by atoms with Crippen LogP contribution < -0.4 is 4.90 Å². The molecule has 2 rings (SSSR count). The monoisotopic (exact) mass is 273 g/mol. The van der Waals surface area contributed by atoms with Gasteiger partial charge in [0.05, 0.1) is 11.1 Å². The second-order valence-corrected chi connectivity index (χ2v) is 5.86. The van der Waals surface area contributed by atoms with Crippen LogP contribution in [-0.4, -0.2) is 17.6 Å². The molecule has 1 aliphatic heterocycles. The first kappa shape index (κ1) is 14.4. The highest BCUT2D eigenvalue weighted by atomic mass is 16.2. The lowest BCUT2D eigenvalue weighted by Gasteiger charge is -2.26. The molecular weight excluding hydrogens is 254 g/mol. The SMILES string of the molecule is CC(=O)c1ccccc1N1C(=O)CC(C)(C(C)C)C1=O. The quantitative estimate of drug-likeness (QED) is 0.628. The topological polar surface area (TPSA) is 54.5 Å². The van der Waals surface area contributed by atoms with E-state index in [1.165, 1.54) is 11.8 Å².